The highest BCUT2D eigenvalue weighted by Gasteiger charge is 2.35. The number of imide groups is 1. The van der Waals surface area contributed by atoms with E-state index in [0.717, 1.165) is 11.1 Å². The number of rotatable bonds is 7. The Morgan fingerprint density at radius 1 is 1.06 bits per heavy atom. The third-order valence-electron chi connectivity index (χ3n) is 5.64. The van der Waals surface area contributed by atoms with Crippen LogP contribution in [0, 0.1) is 6.92 Å². The molecule has 0 atom stereocenters. The molecule has 2 aromatic carbocycles. The van der Waals surface area contributed by atoms with Crippen molar-refractivity contribution in [3.05, 3.63) is 58.7 Å². The van der Waals surface area contributed by atoms with E-state index in [1.165, 1.54) is 4.90 Å². The monoisotopic (exact) mass is 422 g/mol. The van der Waals surface area contributed by atoms with Crippen molar-refractivity contribution in [1.82, 2.24) is 9.80 Å². The van der Waals surface area contributed by atoms with Crippen LogP contribution < -0.4 is 9.47 Å². The molecule has 7 nitrogen and oxygen atoms in total. The first-order valence-corrected chi connectivity index (χ1v) is 10.6. The molecule has 0 aliphatic carbocycles. The number of ether oxygens (including phenoxy) is 2. The summed E-state index contributed by atoms with van der Waals surface area (Å²) in [5.41, 5.74) is 2.73. The molecule has 31 heavy (non-hydrogen) atoms. The molecule has 2 heterocycles. The number of carbonyl (C=O) groups excluding carboxylic acids is 3. The molecule has 0 saturated carbocycles. The molecule has 0 saturated heterocycles. The van der Waals surface area contributed by atoms with Gasteiger partial charge in [0.2, 0.25) is 5.91 Å². The van der Waals surface area contributed by atoms with Crippen molar-refractivity contribution in [1.29, 1.82) is 0 Å². The highest BCUT2D eigenvalue weighted by Crippen LogP contribution is 2.34. The first-order chi connectivity index (χ1) is 15.0. The zero-order chi connectivity index (χ0) is 22.0. The Kier molecular flexibility index (Phi) is 5.93. The van der Waals surface area contributed by atoms with E-state index in [-0.39, 0.29) is 30.7 Å². The Morgan fingerprint density at radius 2 is 1.84 bits per heavy atom. The minimum Gasteiger partial charge on any atom is -0.486 e. The van der Waals surface area contributed by atoms with Crippen LogP contribution in [0.25, 0.3) is 0 Å². The number of amides is 3. The first kappa shape index (κ1) is 20.9. The SMILES string of the molecule is CCN(Cc1cccc2c1OCCO2)C(=O)CCCN1C(=O)c2ccc(C)cc2C1=O. The smallest absolute Gasteiger partial charge is 0.261 e. The maximum Gasteiger partial charge on any atom is 0.261 e. The van der Waals surface area contributed by atoms with Crippen molar-refractivity contribution in [2.45, 2.75) is 33.2 Å². The Hall–Kier alpha value is -3.35. The zero-order valence-electron chi connectivity index (χ0n) is 17.8. The quantitative estimate of drug-likeness (QED) is 0.641. The minimum absolute atomic E-state index is 0.0238. The Balaban J connectivity index is 1.35. The van der Waals surface area contributed by atoms with Crippen molar-refractivity contribution < 1.29 is 23.9 Å². The van der Waals surface area contributed by atoms with Gasteiger partial charge in [-0.25, -0.2) is 0 Å². The van der Waals surface area contributed by atoms with Crippen LogP contribution >= 0.6 is 0 Å². The minimum atomic E-state index is -0.284. The molecule has 7 heteroatoms. The van der Waals surface area contributed by atoms with Gasteiger partial charge < -0.3 is 14.4 Å². The van der Waals surface area contributed by atoms with E-state index in [0.29, 0.717) is 55.4 Å². The summed E-state index contributed by atoms with van der Waals surface area (Å²) in [6.45, 7) is 6.03. The van der Waals surface area contributed by atoms with Crippen molar-refractivity contribution >= 4 is 17.7 Å². The first-order valence-electron chi connectivity index (χ1n) is 10.6. The summed E-state index contributed by atoms with van der Waals surface area (Å²) < 4.78 is 11.4. The molecule has 3 amide bonds. The van der Waals surface area contributed by atoms with Crippen molar-refractivity contribution in [3.63, 3.8) is 0 Å². The van der Waals surface area contributed by atoms with E-state index in [4.69, 9.17) is 9.47 Å². The van der Waals surface area contributed by atoms with Gasteiger partial charge >= 0.3 is 0 Å². The summed E-state index contributed by atoms with van der Waals surface area (Å²) in [7, 11) is 0. The lowest BCUT2D eigenvalue weighted by atomic mass is 10.1. The lowest BCUT2D eigenvalue weighted by Crippen LogP contribution is -2.33. The predicted molar refractivity (Wildman–Crippen MR) is 114 cm³/mol. The molecular weight excluding hydrogens is 396 g/mol. The second kappa shape index (κ2) is 8.79. The average molecular weight is 422 g/mol. The molecular formula is C24H26N2O5. The molecule has 2 aliphatic rings. The molecule has 0 radical (unpaired) electrons. The van der Waals surface area contributed by atoms with Gasteiger partial charge in [0.1, 0.15) is 13.2 Å². The number of benzene rings is 2. The van der Waals surface area contributed by atoms with Gasteiger partial charge in [-0.3, -0.25) is 19.3 Å². The predicted octanol–water partition coefficient (Wildman–Crippen LogP) is 3.19. The summed E-state index contributed by atoms with van der Waals surface area (Å²) in [6.07, 6.45) is 0.680. The number of nitrogens with zero attached hydrogens (tertiary/aromatic N) is 2. The van der Waals surface area contributed by atoms with Crippen LogP contribution in [0.3, 0.4) is 0 Å². The second-order valence-corrected chi connectivity index (χ2v) is 7.76. The van der Waals surface area contributed by atoms with E-state index in [1.54, 1.807) is 17.0 Å². The number of hydrogen-bond donors (Lipinski definition) is 0. The van der Waals surface area contributed by atoms with Gasteiger partial charge in [-0.1, -0.05) is 23.8 Å². The van der Waals surface area contributed by atoms with Gasteiger partial charge in [0.15, 0.2) is 11.5 Å². The largest absolute Gasteiger partial charge is 0.486 e. The van der Waals surface area contributed by atoms with Gasteiger partial charge in [0.05, 0.1) is 11.1 Å². The Labute approximate surface area is 181 Å². The van der Waals surface area contributed by atoms with Gasteiger partial charge in [0, 0.05) is 31.6 Å². The van der Waals surface area contributed by atoms with Gasteiger partial charge in [-0.05, 0) is 38.5 Å². The zero-order valence-corrected chi connectivity index (χ0v) is 17.8. The van der Waals surface area contributed by atoms with Crippen molar-refractivity contribution in [2.75, 3.05) is 26.3 Å². The normalized spacial score (nSPS) is 14.6. The number of hydrogen-bond acceptors (Lipinski definition) is 5. The molecule has 2 aliphatic heterocycles. The van der Waals surface area contributed by atoms with Gasteiger partial charge in [0.25, 0.3) is 11.8 Å². The summed E-state index contributed by atoms with van der Waals surface area (Å²) in [6, 6.07) is 11.0. The van der Waals surface area contributed by atoms with Crippen molar-refractivity contribution in [2.24, 2.45) is 0 Å². The fraction of sp³-hybridized carbons (Fsp3) is 0.375. The number of para-hydroxylation sites is 1. The third kappa shape index (κ3) is 4.13. The van der Waals surface area contributed by atoms with Crippen LogP contribution in [0.2, 0.25) is 0 Å². The molecule has 162 valence electrons. The maximum atomic E-state index is 12.8. The number of fused-ring (bicyclic) bond motifs is 2. The van der Waals surface area contributed by atoms with E-state index >= 15 is 0 Å². The third-order valence-corrected chi connectivity index (χ3v) is 5.64. The topological polar surface area (TPSA) is 76.2 Å². The van der Waals surface area contributed by atoms with Crippen LogP contribution in [0.5, 0.6) is 11.5 Å². The molecule has 0 N–H and O–H groups in total. The summed E-state index contributed by atoms with van der Waals surface area (Å²) in [5, 5.41) is 0. The van der Waals surface area contributed by atoms with E-state index in [2.05, 4.69) is 0 Å². The standard InChI is InChI=1S/C24H26N2O5/c1-3-25(15-17-6-4-7-20-22(17)31-13-12-30-20)21(27)8-5-11-26-23(28)18-10-9-16(2)14-19(18)24(26)29/h4,6-7,9-10,14H,3,5,8,11-13,15H2,1-2H3. The highest BCUT2D eigenvalue weighted by atomic mass is 16.6. The number of carbonyl (C=O) groups is 3. The van der Waals surface area contributed by atoms with Crippen LogP contribution in [0.1, 0.15) is 51.6 Å². The molecule has 4 rings (SSSR count). The summed E-state index contributed by atoms with van der Waals surface area (Å²) in [5.74, 6) is 0.808. The van der Waals surface area contributed by atoms with E-state index < -0.39 is 0 Å². The number of aryl methyl sites for hydroxylation is 1. The van der Waals surface area contributed by atoms with Crippen molar-refractivity contribution in [3.8, 4) is 11.5 Å². The molecule has 0 unspecified atom stereocenters. The second-order valence-electron chi connectivity index (χ2n) is 7.76. The fourth-order valence-corrected chi connectivity index (χ4v) is 3.99. The highest BCUT2D eigenvalue weighted by molar-refractivity contribution is 6.21. The van der Waals surface area contributed by atoms with Crippen LogP contribution in [-0.4, -0.2) is 53.8 Å². The van der Waals surface area contributed by atoms with E-state index in [9.17, 15) is 14.4 Å². The van der Waals surface area contributed by atoms with Gasteiger partial charge in [-0.2, -0.15) is 0 Å². The molecule has 2 aromatic rings. The molecule has 0 bridgehead atoms. The lowest BCUT2D eigenvalue weighted by molar-refractivity contribution is -0.131. The summed E-state index contributed by atoms with van der Waals surface area (Å²) >= 11 is 0. The Bertz CT molecular complexity index is 1030. The van der Waals surface area contributed by atoms with Crippen LogP contribution in [-0.2, 0) is 11.3 Å². The van der Waals surface area contributed by atoms with Crippen LogP contribution in [0.4, 0.5) is 0 Å². The molecule has 0 spiro atoms. The lowest BCUT2D eigenvalue weighted by Gasteiger charge is -2.25. The molecule has 0 aromatic heterocycles. The fourth-order valence-electron chi connectivity index (χ4n) is 3.99. The Morgan fingerprint density at radius 3 is 2.65 bits per heavy atom. The average Bonchev–Trinajstić information content (AvgIpc) is 3.01. The summed E-state index contributed by atoms with van der Waals surface area (Å²) in [4.78, 5) is 40.9. The van der Waals surface area contributed by atoms with Gasteiger partial charge in [-0.15, -0.1) is 0 Å². The molecule has 0 fully saturated rings. The van der Waals surface area contributed by atoms with E-state index in [1.807, 2.05) is 38.1 Å². The maximum absolute atomic E-state index is 12.8. The van der Waals surface area contributed by atoms with Crippen LogP contribution in [0.15, 0.2) is 36.4 Å².